The Bertz CT molecular complexity index is 122. The second kappa shape index (κ2) is 2.17. The first-order chi connectivity index (χ1) is 4.44. The van der Waals surface area contributed by atoms with E-state index < -0.39 is 0 Å². The van der Waals surface area contributed by atoms with Gasteiger partial charge in [0.15, 0.2) is 0 Å². The Labute approximate surface area is 69.8 Å². The molecular formula is C9H18S. The van der Waals surface area contributed by atoms with Gasteiger partial charge in [-0.25, -0.2) is 0 Å². The van der Waals surface area contributed by atoms with Crippen molar-refractivity contribution >= 4 is 12.6 Å². The Morgan fingerprint density at radius 2 is 1.50 bits per heavy atom. The first-order valence-corrected chi connectivity index (χ1v) is 4.68. The molecule has 1 saturated carbocycles. The van der Waals surface area contributed by atoms with E-state index in [1.54, 1.807) is 0 Å². The smallest absolute Gasteiger partial charge is 0.00949 e. The molecule has 0 N–H and O–H groups in total. The molecule has 1 heteroatoms. The van der Waals surface area contributed by atoms with E-state index in [9.17, 15) is 0 Å². The monoisotopic (exact) mass is 158 g/mol. The van der Waals surface area contributed by atoms with Crippen molar-refractivity contribution in [3.8, 4) is 0 Å². The predicted octanol–water partition coefficient (Wildman–Crippen LogP) is 2.99. The van der Waals surface area contributed by atoms with Crippen LogP contribution in [0, 0.1) is 16.7 Å². The molecule has 0 atom stereocenters. The van der Waals surface area contributed by atoms with Gasteiger partial charge in [0.25, 0.3) is 0 Å². The highest BCUT2D eigenvalue weighted by atomic mass is 32.1. The van der Waals surface area contributed by atoms with Crippen LogP contribution < -0.4 is 0 Å². The third kappa shape index (κ3) is 0.903. The fourth-order valence-corrected chi connectivity index (χ4v) is 2.44. The Morgan fingerprint density at radius 3 is 1.60 bits per heavy atom. The Kier molecular flexibility index (Phi) is 1.83. The highest BCUT2D eigenvalue weighted by Crippen LogP contribution is 2.69. The van der Waals surface area contributed by atoms with Gasteiger partial charge in [0.1, 0.15) is 0 Å². The van der Waals surface area contributed by atoms with Crippen LogP contribution in [0.2, 0.25) is 0 Å². The minimum Gasteiger partial charge on any atom is -0.179 e. The van der Waals surface area contributed by atoms with Crippen LogP contribution in [0.4, 0.5) is 0 Å². The summed E-state index contributed by atoms with van der Waals surface area (Å²) in [6.45, 7) is 9.45. The molecule has 0 aromatic rings. The molecule has 1 rings (SSSR count). The summed E-state index contributed by atoms with van der Waals surface area (Å²) in [5.74, 6) is 1.94. The summed E-state index contributed by atoms with van der Waals surface area (Å²) in [6, 6.07) is 0. The van der Waals surface area contributed by atoms with Gasteiger partial charge in [-0.05, 0) is 28.9 Å². The minimum atomic E-state index is 0.565. The van der Waals surface area contributed by atoms with Crippen molar-refractivity contribution in [3.63, 3.8) is 0 Å². The van der Waals surface area contributed by atoms with E-state index in [1.165, 1.54) is 6.42 Å². The molecule has 0 aromatic heterocycles. The second-order valence-electron chi connectivity index (χ2n) is 4.51. The quantitative estimate of drug-likeness (QED) is 0.587. The summed E-state index contributed by atoms with van der Waals surface area (Å²) < 4.78 is 0. The lowest BCUT2D eigenvalue weighted by Gasteiger charge is -2.04. The van der Waals surface area contributed by atoms with Crippen LogP contribution in [0.3, 0.4) is 0 Å². The van der Waals surface area contributed by atoms with E-state index >= 15 is 0 Å². The lowest BCUT2D eigenvalue weighted by molar-refractivity contribution is 0.457. The summed E-state index contributed by atoms with van der Waals surface area (Å²) in [6.07, 6.45) is 1.28. The van der Waals surface area contributed by atoms with Gasteiger partial charge in [0, 0.05) is 0 Å². The van der Waals surface area contributed by atoms with E-state index in [1.807, 2.05) is 0 Å². The molecule has 60 valence electrons. The molecule has 0 saturated heterocycles. The number of hydrogen-bond acceptors (Lipinski definition) is 1. The van der Waals surface area contributed by atoms with Crippen LogP contribution in [-0.2, 0) is 0 Å². The highest BCUT2D eigenvalue weighted by Gasteiger charge is 2.63. The van der Waals surface area contributed by atoms with Gasteiger partial charge < -0.3 is 0 Å². The lowest BCUT2D eigenvalue weighted by atomic mass is 10.0. The van der Waals surface area contributed by atoms with Crippen molar-refractivity contribution in [1.82, 2.24) is 0 Å². The maximum absolute atomic E-state index is 4.26. The average Bonchev–Trinajstić information content (AvgIpc) is 2.13. The van der Waals surface area contributed by atoms with Gasteiger partial charge in [-0.2, -0.15) is 12.6 Å². The van der Waals surface area contributed by atoms with Gasteiger partial charge in [-0.3, -0.25) is 0 Å². The Morgan fingerprint density at radius 1 is 1.10 bits per heavy atom. The molecule has 0 unspecified atom stereocenters. The number of rotatable bonds is 2. The molecule has 1 aliphatic rings. The third-order valence-electron chi connectivity index (χ3n) is 3.74. The number of thiol groups is 1. The van der Waals surface area contributed by atoms with Crippen molar-refractivity contribution in [1.29, 1.82) is 0 Å². The van der Waals surface area contributed by atoms with Crippen molar-refractivity contribution in [3.05, 3.63) is 0 Å². The third-order valence-corrected chi connectivity index (χ3v) is 4.00. The Hall–Kier alpha value is 0.350. The molecule has 0 radical (unpaired) electrons. The molecule has 0 aliphatic heterocycles. The maximum atomic E-state index is 4.26. The van der Waals surface area contributed by atoms with Gasteiger partial charge in [0.2, 0.25) is 0 Å². The van der Waals surface area contributed by atoms with Gasteiger partial charge in [0.05, 0.1) is 0 Å². The van der Waals surface area contributed by atoms with Crippen LogP contribution in [0.5, 0.6) is 0 Å². The van der Waals surface area contributed by atoms with Crippen LogP contribution in [-0.4, -0.2) is 5.75 Å². The van der Waals surface area contributed by atoms with Gasteiger partial charge in [-0.1, -0.05) is 27.7 Å². The summed E-state index contributed by atoms with van der Waals surface area (Å²) in [5, 5.41) is 0. The maximum Gasteiger partial charge on any atom is -0.00949 e. The standard InChI is InChI=1S/C9H18S/c1-8(2)7(5-6-10)9(8,3)4/h7,10H,5-6H2,1-4H3. The van der Waals surface area contributed by atoms with Crippen molar-refractivity contribution < 1.29 is 0 Å². The zero-order valence-corrected chi connectivity index (χ0v) is 8.33. The van der Waals surface area contributed by atoms with E-state index in [-0.39, 0.29) is 0 Å². The molecule has 10 heavy (non-hydrogen) atoms. The molecule has 0 nitrogen and oxygen atoms in total. The molecular weight excluding hydrogens is 140 g/mol. The SMILES string of the molecule is CC1(C)C(CCS)C1(C)C. The van der Waals surface area contributed by atoms with E-state index in [4.69, 9.17) is 0 Å². The van der Waals surface area contributed by atoms with Gasteiger partial charge >= 0.3 is 0 Å². The molecule has 1 fully saturated rings. The lowest BCUT2D eigenvalue weighted by Crippen LogP contribution is -1.95. The minimum absolute atomic E-state index is 0.565. The summed E-state index contributed by atoms with van der Waals surface area (Å²) in [4.78, 5) is 0. The van der Waals surface area contributed by atoms with E-state index in [0.717, 1.165) is 11.7 Å². The molecule has 0 amide bonds. The fraction of sp³-hybridized carbons (Fsp3) is 1.00. The first kappa shape index (κ1) is 8.45. The topological polar surface area (TPSA) is 0 Å². The molecule has 0 spiro atoms. The first-order valence-electron chi connectivity index (χ1n) is 4.05. The van der Waals surface area contributed by atoms with Crippen LogP contribution >= 0.6 is 12.6 Å². The van der Waals surface area contributed by atoms with Crippen LogP contribution in [0.25, 0.3) is 0 Å². The fourth-order valence-electron chi connectivity index (χ4n) is 2.18. The zero-order chi connectivity index (χ0) is 7.99. The van der Waals surface area contributed by atoms with Crippen molar-refractivity contribution in [2.75, 3.05) is 5.75 Å². The summed E-state index contributed by atoms with van der Waals surface area (Å²) in [7, 11) is 0. The molecule has 0 heterocycles. The van der Waals surface area contributed by atoms with E-state index in [0.29, 0.717) is 10.8 Å². The molecule has 0 aromatic carbocycles. The van der Waals surface area contributed by atoms with E-state index in [2.05, 4.69) is 40.3 Å². The number of hydrogen-bond donors (Lipinski definition) is 1. The normalized spacial score (nSPS) is 28.5. The Balaban J connectivity index is 2.54. The van der Waals surface area contributed by atoms with Crippen molar-refractivity contribution in [2.24, 2.45) is 16.7 Å². The van der Waals surface area contributed by atoms with Gasteiger partial charge in [-0.15, -0.1) is 0 Å². The van der Waals surface area contributed by atoms with Crippen LogP contribution in [0.1, 0.15) is 34.1 Å². The second-order valence-corrected chi connectivity index (χ2v) is 4.96. The molecule has 0 bridgehead atoms. The largest absolute Gasteiger partial charge is 0.179 e. The average molecular weight is 158 g/mol. The predicted molar refractivity (Wildman–Crippen MR) is 49.5 cm³/mol. The summed E-state index contributed by atoms with van der Waals surface area (Å²) in [5.41, 5.74) is 1.13. The molecule has 1 aliphatic carbocycles. The summed E-state index contributed by atoms with van der Waals surface area (Å²) >= 11 is 4.26. The zero-order valence-electron chi connectivity index (χ0n) is 7.44. The van der Waals surface area contributed by atoms with Crippen molar-refractivity contribution in [2.45, 2.75) is 34.1 Å². The van der Waals surface area contributed by atoms with Crippen LogP contribution in [0.15, 0.2) is 0 Å². The highest BCUT2D eigenvalue weighted by molar-refractivity contribution is 7.80.